The molecule has 0 spiro atoms. The van der Waals surface area contributed by atoms with Crippen LogP contribution in [0.5, 0.6) is 0 Å². The molecule has 0 aromatic heterocycles. The fraction of sp³-hybridized carbons (Fsp3) is 0.395. The minimum atomic E-state index is -3.92. The number of rotatable bonds is 3. The van der Waals surface area contributed by atoms with Crippen LogP contribution in [0.15, 0.2) is 61.4 Å². The van der Waals surface area contributed by atoms with Gasteiger partial charge >= 0.3 is 0 Å². The molecule has 0 unspecified atom stereocenters. The standard InChI is InChI=1S/C32H32O5S2.6CH4/c1-17-19(3)23(7)31-28(21(17)5)25(9)26(38(31,34)35)15-13-11-10-12-14-16-27-30(33)29-22(6)18(2)20(4)24(8)32(29)39(27,36)37;;;;;;/h10,12,14-16H,1-9H3;6*1H4. The highest BCUT2D eigenvalue weighted by Crippen LogP contribution is 2.45. The number of allylic oxidation sites excluding steroid dienone is 7. The normalized spacial score (nSPS) is 15.5. The van der Waals surface area contributed by atoms with Gasteiger partial charge in [-0.05, 0) is 125 Å². The van der Waals surface area contributed by atoms with Crippen LogP contribution in [0.1, 0.15) is 112 Å². The van der Waals surface area contributed by atoms with E-state index in [0.29, 0.717) is 21.6 Å². The predicted molar refractivity (Wildman–Crippen MR) is 196 cm³/mol. The highest BCUT2D eigenvalue weighted by molar-refractivity contribution is 7.97. The van der Waals surface area contributed by atoms with Gasteiger partial charge in [-0.25, -0.2) is 16.8 Å². The van der Waals surface area contributed by atoms with Crippen LogP contribution in [-0.2, 0) is 19.7 Å². The molecule has 7 heteroatoms. The lowest BCUT2D eigenvalue weighted by molar-refractivity contribution is 0.104. The number of hydrogen-bond acceptors (Lipinski definition) is 5. The van der Waals surface area contributed by atoms with E-state index in [1.807, 2.05) is 41.5 Å². The van der Waals surface area contributed by atoms with Gasteiger partial charge < -0.3 is 0 Å². The summed E-state index contributed by atoms with van der Waals surface area (Å²) in [4.78, 5) is 13.4. The summed E-state index contributed by atoms with van der Waals surface area (Å²) in [7, 11) is -7.60. The van der Waals surface area contributed by atoms with Crippen molar-refractivity contribution in [3.05, 3.63) is 107 Å². The number of benzene rings is 2. The molecule has 2 heterocycles. The number of hydrogen-bond donors (Lipinski definition) is 0. The molecule has 2 aliphatic rings. The zero-order valence-corrected chi connectivity index (χ0v) is 25.4. The molecule has 2 aliphatic heterocycles. The van der Waals surface area contributed by atoms with Gasteiger partial charge in [0.05, 0.1) is 14.7 Å². The SMILES string of the molecule is C.C.C.C.C.C.CC1=C(C=C=C=CC=CC=C2C(=O)c3c(C)c(C)c(C)c(C)c3S2(=O)=O)S(=O)(=O)c2c(C)c(C)c(C)c(C)c21. The van der Waals surface area contributed by atoms with Crippen molar-refractivity contribution in [3.63, 3.8) is 0 Å². The van der Waals surface area contributed by atoms with Crippen molar-refractivity contribution < 1.29 is 21.6 Å². The fourth-order valence-electron chi connectivity index (χ4n) is 5.50. The van der Waals surface area contributed by atoms with Crippen molar-refractivity contribution in [1.29, 1.82) is 0 Å². The first kappa shape index (κ1) is 46.0. The molecule has 0 aliphatic carbocycles. The van der Waals surface area contributed by atoms with E-state index in [0.717, 1.165) is 38.9 Å². The van der Waals surface area contributed by atoms with Crippen molar-refractivity contribution in [2.45, 2.75) is 117 Å². The molecule has 250 valence electrons. The highest BCUT2D eigenvalue weighted by Gasteiger charge is 2.42. The lowest BCUT2D eigenvalue weighted by Gasteiger charge is -2.15. The Morgan fingerprint density at radius 3 is 1.42 bits per heavy atom. The Morgan fingerprint density at radius 2 is 0.933 bits per heavy atom. The van der Waals surface area contributed by atoms with E-state index in [9.17, 15) is 21.6 Å². The average Bonchev–Trinajstić information content (AvgIpc) is 3.20. The smallest absolute Gasteiger partial charge is 0.211 e. The summed E-state index contributed by atoms with van der Waals surface area (Å²) in [5, 5.41) is 0. The van der Waals surface area contributed by atoms with Gasteiger partial charge in [-0.15, -0.1) is 0 Å². The van der Waals surface area contributed by atoms with Gasteiger partial charge in [0.1, 0.15) is 4.91 Å². The number of ketones is 1. The van der Waals surface area contributed by atoms with Gasteiger partial charge in [0.15, 0.2) is 0 Å². The van der Waals surface area contributed by atoms with Gasteiger partial charge in [-0.2, -0.15) is 0 Å². The van der Waals surface area contributed by atoms with Crippen LogP contribution in [0.25, 0.3) is 5.57 Å². The molecule has 4 rings (SSSR count). The van der Waals surface area contributed by atoms with Gasteiger partial charge in [0.2, 0.25) is 25.5 Å². The summed E-state index contributed by atoms with van der Waals surface area (Å²) in [5.74, 6) is -0.498. The summed E-state index contributed by atoms with van der Waals surface area (Å²) in [6.45, 7) is 16.8. The van der Waals surface area contributed by atoms with Crippen molar-refractivity contribution in [3.8, 4) is 0 Å². The molecule has 2 aromatic rings. The second-order valence-electron chi connectivity index (χ2n) is 10.2. The van der Waals surface area contributed by atoms with E-state index in [-0.39, 0.29) is 64.8 Å². The second kappa shape index (κ2) is 15.7. The van der Waals surface area contributed by atoms with Crippen molar-refractivity contribution >= 4 is 31.0 Å². The number of fused-ring (bicyclic) bond motifs is 2. The number of carbonyl (C=O) groups excluding carboxylic acids is 1. The van der Waals surface area contributed by atoms with E-state index in [1.54, 1.807) is 20.8 Å². The summed E-state index contributed by atoms with van der Waals surface area (Å²) in [6.07, 6.45) is 7.17. The molecule has 0 bridgehead atoms. The minimum absolute atomic E-state index is 0. The van der Waals surface area contributed by atoms with Crippen LogP contribution < -0.4 is 0 Å². The molecule has 0 fully saturated rings. The number of carbonyl (C=O) groups is 1. The fourth-order valence-corrected chi connectivity index (χ4v) is 9.46. The van der Waals surface area contributed by atoms with Crippen molar-refractivity contribution in [2.24, 2.45) is 0 Å². The number of Topliss-reactive ketones (excluding diaryl/α,β-unsaturated/α-hetero) is 1. The lowest BCUT2D eigenvalue weighted by Crippen LogP contribution is -2.05. The molecule has 45 heavy (non-hydrogen) atoms. The van der Waals surface area contributed by atoms with Crippen LogP contribution in [0, 0.1) is 55.4 Å². The van der Waals surface area contributed by atoms with E-state index in [4.69, 9.17) is 0 Å². The number of sulfone groups is 2. The molecule has 2 aromatic carbocycles. The van der Waals surface area contributed by atoms with Crippen LogP contribution in [-0.4, -0.2) is 22.6 Å². The van der Waals surface area contributed by atoms with Gasteiger partial charge in [0.25, 0.3) is 0 Å². The maximum absolute atomic E-state index is 13.3. The first-order valence-corrected chi connectivity index (χ1v) is 15.6. The quantitative estimate of drug-likeness (QED) is 0.186. The molecule has 0 N–H and O–H groups in total. The molecular formula is C38H56O5S2. The Morgan fingerprint density at radius 1 is 0.511 bits per heavy atom. The molecule has 0 radical (unpaired) electrons. The summed E-state index contributed by atoms with van der Waals surface area (Å²) in [5.41, 5.74) is 14.1. The first-order valence-electron chi connectivity index (χ1n) is 12.6. The summed E-state index contributed by atoms with van der Waals surface area (Å²) < 4.78 is 53.1. The second-order valence-corrected chi connectivity index (χ2v) is 14.0. The van der Waals surface area contributed by atoms with Crippen LogP contribution in [0.3, 0.4) is 0 Å². The average molecular weight is 657 g/mol. The minimum Gasteiger partial charge on any atom is -0.288 e. The summed E-state index contributed by atoms with van der Waals surface area (Å²) >= 11 is 0. The van der Waals surface area contributed by atoms with E-state index in [2.05, 4.69) is 11.5 Å². The third-order valence-corrected chi connectivity index (χ3v) is 12.4. The Kier molecular flexibility index (Phi) is 16.0. The maximum atomic E-state index is 13.3. The van der Waals surface area contributed by atoms with Gasteiger partial charge in [-0.3, -0.25) is 4.79 Å². The van der Waals surface area contributed by atoms with Gasteiger partial charge in [-0.1, -0.05) is 68.2 Å². The topological polar surface area (TPSA) is 85.3 Å². The zero-order valence-electron chi connectivity index (χ0n) is 23.7. The Hall–Kier alpha value is -3.47. The Bertz CT molecular complexity index is 1930. The van der Waals surface area contributed by atoms with Crippen molar-refractivity contribution in [1.82, 2.24) is 0 Å². The van der Waals surface area contributed by atoms with Gasteiger partial charge in [0, 0.05) is 17.2 Å². The monoisotopic (exact) mass is 656 g/mol. The highest BCUT2D eigenvalue weighted by atomic mass is 32.2. The zero-order chi connectivity index (χ0) is 29.2. The molecular weight excluding hydrogens is 601 g/mol. The van der Waals surface area contributed by atoms with Crippen LogP contribution in [0.2, 0.25) is 0 Å². The Labute approximate surface area is 275 Å². The molecule has 0 saturated heterocycles. The molecule has 0 atom stereocenters. The van der Waals surface area contributed by atoms with Crippen molar-refractivity contribution in [2.75, 3.05) is 0 Å². The third-order valence-electron chi connectivity index (χ3n) is 8.40. The Balaban J connectivity index is -0.00000294. The molecule has 0 amide bonds. The van der Waals surface area contributed by atoms with Crippen LogP contribution in [0.4, 0.5) is 0 Å². The largest absolute Gasteiger partial charge is 0.288 e. The lowest BCUT2D eigenvalue weighted by atomic mass is 9.91. The first-order chi connectivity index (χ1) is 18.1. The third kappa shape index (κ3) is 6.73. The predicted octanol–water partition coefficient (Wildman–Crippen LogP) is 10.5. The van der Waals surface area contributed by atoms with E-state index >= 15 is 0 Å². The maximum Gasteiger partial charge on any atom is 0.211 e. The molecule has 0 saturated carbocycles. The summed E-state index contributed by atoms with van der Waals surface area (Å²) in [6, 6.07) is 0. The molecule has 5 nitrogen and oxygen atoms in total. The van der Waals surface area contributed by atoms with Crippen LogP contribution >= 0.6 is 0 Å². The van der Waals surface area contributed by atoms with E-state index in [1.165, 1.54) is 30.4 Å². The van der Waals surface area contributed by atoms with E-state index < -0.39 is 25.5 Å².